The SMILES string of the molecule is O=C(c1nnc(-c2cnc(Nc3ccc4nccnc4c3)cc2NC2CCC2)s1)N1CCC(CO)C1. The quantitative estimate of drug-likeness (QED) is 0.346. The van der Waals surface area contributed by atoms with Crippen molar-refractivity contribution in [2.24, 2.45) is 5.92 Å². The molecule has 1 saturated heterocycles. The molecule has 4 aromatic rings. The van der Waals surface area contributed by atoms with E-state index in [-0.39, 0.29) is 18.4 Å². The molecule has 1 amide bonds. The molecule has 1 aromatic carbocycles. The topological polar surface area (TPSA) is 129 Å². The van der Waals surface area contributed by atoms with Gasteiger partial charge in [0, 0.05) is 67.7 Å². The van der Waals surface area contributed by atoms with E-state index in [0.29, 0.717) is 35.0 Å². The standard InChI is InChI=1S/C25H26N8O2S/c34-14-15-6-9-33(13-15)25(35)24-32-31-23(36-24)18-12-28-22(11-20(18)29-16-2-1-3-16)30-17-4-5-19-21(10-17)27-8-7-26-19/h4-5,7-8,10-12,15-16,34H,1-3,6,9,13-14H2,(H2,28,29,30). The van der Waals surface area contributed by atoms with Crippen LogP contribution in [0.1, 0.15) is 35.5 Å². The first kappa shape index (κ1) is 22.7. The third-order valence-electron chi connectivity index (χ3n) is 6.78. The van der Waals surface area contributed by atoms with Crippen molar-refractivity contribution in [3.8, 4) is 10.6 Å². The zero-order chi connectivity index (χ0) is 24.5. The van der Waals surface area contributed by atoms with E-state index in [9.17, 15) is 9.90 Å². The van der Waals surface area contributed by atoms with Gasteiger partial charge in [0.15, 0.2) is 5.01 Å². The number of rotatable bonds is 7. The Hall–Kier alpha value is -3.70. The Morgan fingerprint density at radius 3 is 2.72 bits per heavy atom. The van der Waals surface area contributed by atoms with Gasteiger partial charge in [0.2, 0.25) is 5.01 Å². The van der Waals surface area contributed by atoms with Crippen molar-refractivity contribution < 1.29 is 9.90 Å². The number of likely N-dealkylation sites (tertiary alicyclic amines) is 1. The number of carbonyl (C=O) groups excluding carboxylic acids is 1. The van der Waals surface area contributed by atoms with E-state index in [1.54, 1.807) is 23.5 Å². The molecule has 3 N–H and O–H groups in total. The first-order valence-electron chi connectivity index (χ1n) is 12.1. The Morgan fingerprint density at radius 2 is 1.94 bits per heavy atom. The second-order valence-electron chi connectivity index (χ2n) is 9.27. The third kappa shape index (κ3) is 4.59. The van der Waals surface area contributed by atoms with Crippen LogP contribution in [0.5, 0.6) is 0 Å². The molecular weight excluding hydrogens is 476 g/mol. The lowest BCUT2D eigenvalue weighted by atomic mass is 9.93. The van der Waals surface area contributed by atoms with Gasteiger partial charge in [-0.1, -0.05) is 11.3 Å². The van der Waals surface area contributed by atoms with Gasteiger partial charge in [0.05, 0.1) is 16.6 Å². The van der Waals surface area contributed by atoms with Crippen LogP contribution in [0.15, 0.2) is 42.9 Å². The average Bonchev–Trinajstić information content (AvgIpc) is 3.56. The molecule has 3 aromatic heterocycles. The molecular formula is C25H26N8O2S. The zero-order valence-electron chi connectivity index (χ0n) is 19.6. The number of nitrogens with one attached hydrogen (secondary N) is 2. The van der Waals surface area contributed by atoms with Crippen molar-refractivity contribution in [1.29, 1.82) is 0 Å². The summed E-state index contributed by atoms with van der Waals surface area (Å²) >= 11 is 1.28. The van der Waals surface area contributed by atoms with Crippen molar-refractivity contribution >= 4 is 45.5 Å². The van der Waals surface area contributed by atoms with Gasteiger partial charge in [0.1, 0.15) is 5.82 Å². The number of hydrogen-bond donors (Lipinski definition) is 3. The first-order chi connectivity index (χ1) is 17.7. The van der Waals surface area contributed by atoms with Gasteiger partial charge in [0.25, 0.3) is 5.91 Å². The number of hydrogen-bond acceptors (Lipinski definition) is 10. The van der Waals surface area contributed by atoms with Gasteiger partial charge < -0.3 is 20.6 Å². The molecule has 4 heterocycles. The van der Waals surface area contributed by atoms with Crippen LogP contribution in [0.2, 0.25) is 0 Å². The first-order valence-corrected chi connectivity index (χ1v) is 13.0. The molecule has 184 valence electrons. The number of aromatic nitrogens is 5. The van der Waals surface area contributed by atoms with E-state index in [0.717, 1.165) is 47.2 Å². The second kappa shape index (κ2) is 9.75. The molecule has 2 fully saturated rings. The Kier molecular flexibility index (Phi) is 6.16. The van der Waals surface area contributed by atoms with E-state index in [1.807, 2.05) is 24.3 Å². The number of benzene rings is 1. The molecule has 0 bridgehead atoms. The van der Waals surface area contributed by atoms with Gasteiger partial charge >= 0.3 is 0 Å². The van der Waals surface area contributed by atoms with E-state index in [4.69, 9.17) is 0 Å². The molecule has 11 heteroatoms. The van der Waals surface area contributed by atoms with Gasteiger partial charge in [-0.15, -0.1) is 10.2 Å². The minimum atomic E-state index is -0.131. The fourth-order valence-electron chi connectivity index (χ4n) is 4.49. The maximum atomic E-state index is 12.9. The molecule has 1 aliphatic carbocycles. The van der Waals surface area contributed by atoms with Crippen LogP contribution >= 0.6 is 11.3 Å². The summed E-state index contributed by atoms with van der Waals surface area (Å²) in [5, 5.41) is 25.9. The summed E-state index contributed by atoms with van der Waals surface area (Å²) in [4.78, 5) is 28.0. The number of nitrogens with zero attached hydrogens (tertiary/aromatic N) is 6. The fourth-order valence-corrected chi connectivity index (χ4v) is 5.33. The summed E-state index contributed by atoms with van der Waals surface area (Å²) in [6.07, 6.45) is 9.39. The number of pyridine rings is 1. The van der Waals surface area contributed by atoms with Gasteiger partial charge in [-0.25, -0.2) is 4.98 Å². The van der Waals surface area contributed by atoms with E-state index < -0.39 is 0 Å². The lowest BCUT2D eigenvalue weighted by Gasteiger charge is -2.28. The number of anilines is 3. The van der Waals surface area contributed by atoms with Crippen LogP contribution in [0.25, 0.3) is 21.6 Å². The van der Waals surface area contributed by atoms with Crippen LogP contribution in [0.3, 0.4) is 0 Å². The van der Waals surface area contributed by atoms with Crippen LogP contribution in [-0.2, 0) is 0 Å². The number of carbonyl (C=O) groups is 1. The minimum absolute atomic E-state index is 0.0972. The minimum Gasteiger partial charge on any atom is -0.396 e. The monoisotopic (exact) mass is 502 g/mol. The molecule has 2 aliphatic rings. The summed E-state index contributed by atoms with van der Waals surface area (Å²) in [7, 11) is 0. The zero-order valence-corrected chi connectivity index (χ0v) is 20.4. The maximum absolute atomic E-state index is 12.9. The van der Waals surface area contributed by atoms with Crippen LogP contribution in [0, 0.1) is 5.92 Å². The molecule has 10 nitrogen and oxygen atoms in total. The smallest absolute Gasteiger partial charge is 0.284 e. The highest BCUT2D eigenvalue weighted by atomic mass is 32.1. The Bertz CT molecular complexity index is 1410. The molecule has 6 rings (SSSR count). The van der Waals surface area contributed by atoms with Crippen molar-refractivity contribution in [3.63, 3.8) is 0 Å². The van der Waals surface area contributed by atoms with Crippen LogP contribution in [0.4, 0.5) is 17.2 Å². The molecule has 0 spiro atoms. The van der Waals surface area contributed by atoms with Crippen molar-refractivity contribution in [2.75, 3.05) is 30.3 Å². The molecule has 1 aliphatic heterocycles. The number of fused-ring (bicyclic) bond motifs is 1. The summed E-state index contributed by atoms with van der Waals surface area (Å²) < 4.78 is 0. The van der Waals surface area contributed by atoms with Gasteiger partial charge in [-0.05, 0) is 43.9 Å². The van der Waals surface area contributed by atoms with Crippen LogP contribution < -0.4 is 10.6 Å². The lowest BCUT2D eigenvalue weighted by molar-refractivity contribution is 0.0780. The Morgan fingerprint density at radius 1 is 1.08 bits per heavy atom. The van der Waals surface area contributed by atoms with Crippen molar-refractivity contribution in [2.45, 2.75) is 31.7 Å². The normalized spacial score (nSPS) is 17.8. The number of aliphatic hydroxyl groups is 1. The maximum Gasteiger partial charge on any atom is 0.284 e. The predicted octanol–water partition coefficient (Wildman–Crippen LogP) is 3.71. The Balaban J connectivity index is 1.26. The summed E-state index contributed by atoms with van der Waals surface area (Å²) in [5.74, 6) is 0.698. The van der Waals surface area contributed by atoms with Crippen LogP contribution in [-0.4, -0.2) is 66.8 Å². The molecule has 0 radical (unpaired) electrons. The molecule has 36 heavy (non-hydrogen) atoms. The summed E-state index contributed by atoms with van der Waals surface area (Å²) in [5.41, 5.74) is 4.24. The highest BCUT2D eigenvalue weighted by Crippen LogP contribution is 2.35. The summed E-state index contributed by atoms with van der Waals surface area (Å²) in [6.45, 7) is 1.29. The fraction of sp³-hybridized carbons (Fsp3) is 0.360. The average molecular weight is 503 g/mol. The predicted molar refractivity (Wildman–Crippen MR) is 138 cm³/mol. The number of amides is 1. The van der Waals surface area contributed by atoms with E-state index >= 15 is 0 Å². The lowest BCUT2D eigenvalue weighted by Crippen LogP contribution is -2.29. The van der Waals surface area contributed by atoms with Gasteiger partial charge in [-0.3, -0.25) is 14.8 Å². The van der Waals surface area contributed by atoms with Gasteiger partial charge in [-0.2, -0.15) is 0 Å². The molecule has 1 atom stereocenters. The van der Waals surface area contributed by atoms with Crippen molar-refractivity contribution in [3.05, 3.63) is 47.9 Å². The van der Waals surface area contributed by atoms with Crippen molar-refractivity contribution in [1.82, 2.24) is 30.0 Å². The number of aliphatic hydroxyl groups excluding tert-OH is 1. The second-order valence-corrected chi connectivity index (χ2v) is 10.3. The van der Waals surface area contributed by atoms with E-state index in [2.05, 4.69) is 35.8 Å². The summed E-state index contributed by atoms with van der Waals surface area (Å²) in [6, 6.07) is 8.20. The largest absolute Gasteiger partial charge is 0.396 e. The highest BCUT2D eigenvalue weighted by Gasteiger charge is 2.29. The third-order valence-corrected chi connectivity index (χ3v) is 7.72. The highest BCUT2D eigenvalue weighted by molar-refractivity contribution is 7.16. The molecule has 1 saturated carbocycles. The Labute approximate surface area is 211 Å². The van der Waals surface area contributed by atoms with E-state index in [1.165, 1.54) is 17.8 Å². The molecule has 1 unspecified atom stereocenters.